The van der Waals surface area contributed by atoms with Crippen molar-refractivity contribution in [2.24, 2.45) is 5.92 Å². The molecule has 0 radical (unpaired) electrons. The molecule has 0 aliphatic rings. The number of amides is 1. The van der Waals surface area contributed by atoms with Gasteiger partial charge in [-0.3, -0.25) is 4.79 Å². The number of rotatable bonds is 14. The van der Waals surface area contributed by atoms with Gasteiger partial charge in [0, 0.05) is 19.6 Å². The van der Waals surface area contributed by atoms with Crippen LogP contribution in [0.3, 0.4) is 0 Å². The van der Waals surface area contributed by atoms with Gasteiger partial charge in [-0.25, -0.2) is 0 Å². The Morgan fingerprint density at radius 1 is 1.21 bits per heavy atom. The van der Waals surface area contributed by atoms with E-state index in [1.807, 2.05) is 13.0 Å². The maximum atomic E-state index is 11.7. The third-order valence-corrected chi connectivity index (χ3v) is 9.84. The van der Waals surface area contributed by atoms with Crippen molar-refractivity contribution in [3.8, 4) is 0 Å². The Morgan fingerprint density at radius 3 is 2.31 bits per heavy atom. The molecule has 0 aromatic heterocycles. The van der Waals surface area contributed by atoms with Gasteiger partial charge in [0.15, 0.2) is 8.32 Å². The third-order valence-electron chi connectivity index (χ3n) is 5.36. The summed E-state index contributed by atoms with van der Waals surface area (Å²) in [7, 11) is -0.296. The predicted molar refractivity (Wildman–Crippen MR) is 125 cm³/mol. The minimum Gasteiger partial charge on any atom is -0.410 e. The maximum Gasteiger partial charge on any atom is 0.246 e. The average Bonchev–Trinajstić information content (AvgIpc) is 2.60. The lowest BCUT2D eigenvalue weighted by Crippen LogP contribution is -2.49. The Bertz CT molecular complexity index is 552. The van der Waals surface area contributed by atoms with Gasteiger partial charge in [0.1, 0.15) is 12.7 Å². The van der Waals surface area contributed by atoms with Gasteiger partial charge in [-0.2, -0.15) is 0 Å². The van der Waals surface area contributed by atoms with E-state index in [9.17, 15) is 4.79 Å². The van der Waals surface area contributed by atoms with Crippen LogP contribution in [-0.4, -0.2) is 53.3 Å². The Balaban J connectivity index is 5.01. The first kappa shape index (κ1) is 27.8. The number of carbonyl (C=O) groups is 1. The zero-order chi connectivity index (χ0) is 22.7. The summed E-state index contributed by atoms with van der Waals surface area (Å²) in [5.41, 5.74) is 1.05. The van der Waals surface area contributed by atoms with E-state index in [4.69, 9.17) is 13.9 Å². The number of ether oxygens (including phenoxy) is 2. The van der Waals surface area contributed by atoms with E-state index in [1.165, 1.54) is 0 Å². The summed E-state index contributed by atoms with van der Waals surface area (Å²) < 4.78 is 17.9. The number of carbonyl (C=O) groups excluding carboxylic acids is 1. The quantitative estimate of drug-likeness (QED) is 0.245. The fraction of sp³-hybridized carbons (Fsp3) is 0.696. The van der Waals surface area contributed by atoms with E-state index in [2.05, 4.69) is 65.3 Å². The van der Waals surface area contributed by atoms with Crippen molar-refractivity contribution in [3.63, 3.8) is 0 Å². The largest absolute Gasteiger partial charge is 0.410 e. The van der Waals surface area contributed by atoms with Crippen LogP contribution in [0.25, 0.3) is 0 Å². The van der Waals surface area contributed by atoms with Gasteiger partial charge >= 0.3 is 0 Å². The lowest BCUT2D eigenvalue weighted by molar-refractivity contribution is -0.125. The average molecular weight is 426 g/mol. The first-order valence-electron chi connectivity index (χ1n) is 10.4. The van der Waals surface area contributed by atoms with Crippen molar-refractivity contribution in [2.75, 3.05) is 26.9 Å². The molecule has 0 saturated carbocycles. The van der Waals surface area contributed by atoms with E-state index in [0.29, 0.717) is 13.2 Å². The molecular formula is C23H43NO4Si. The molecule has 0 rings (SSSR count). The van der Waals surface area contributed by atoms with Crippen LogP contribution in [0.2, 0.25) is 18.1 Å². The highest BCUT2D eigenvalue weighted by Gasteiger charge is 2.41. The summed E-state index contributed by atoms with van der Waals surface area (Å²) in [6.45, 7) is 23.9. The van der Waals surface area contributed by atoms with Gasteiger partial charge in [-0.15, -0.1) is 13.2 Å². The summed E-state index contributed by atoms with van der Waals surface area (Å²) in [5.74, 6) is -0.00460. The maximum absolute atomic E-state index is 11.7. The van der Waals surface area contributed by atoms with Crippen LogP contribution in [0.5, 0.6) is 0 Å². The van der Waals surface area contributed by atoms with Crippen LogP contribution < -0.4 is 5.32 Å². The van der Waals surface area contributed by atoms with E-state index in [-0.39, 0.29) is 35.7 Å². The second-order valence-electron chi connectivity index (χ2n) is 9.07. The number of hydrogen-bond acceptors (Lipinski definition) is 4. The third kappa shape index (κ3) is 10.4. The van der Waals surface area contributed by atoms with Gasteiger partial charge in [0.2, 0.25) is 5.91 Å². The lowest BCUT2D eigenvalue weighted by Gasteiger charge is -2.42. The molecule has 29 heavy (non-hydrogen) atoms. The monoisotopic (exact) mass is 425 g/mol. The van der Waals surface area contributed by atoms with E-state index >= 15 is 0 Å². The highest BCUT2D eigenvalue weighted by Crippen LogP contribution is 2.39. The fourth-order valence-electron chi connectivity index (χ4n) is 2.62. The Morgan fingerprint density at radius 2 is 1.83 bits per heavy atom. The van der Waals surface area contributed by atoms with Gasteiger partial charge < -0.3 is 19.2 Å². The molecule has 0 unspecified atom stereocenters. The van der Waals surface area contributed by atoms with Gasteiger partial charge in [0.05, 0.1) is 12.7 Å². The molecule has 168 valence electrons. The molecule has 0 heterocycles. The fourth-order valence-corrected chi connectivity index (χ4v) is 4.00. The molecule has 0 aliphatic heterocycles. The zero-order valence-electron chi connectivity index (χ0n) is 19.8. The molecule has 0 saturated heterocycles. The van der Waals surface area contributed by atoms with Crippen molar-refractivity contribution in [1.82, 2.24) is 5.32 Å². The van der Waals surface area contributed by atoms with Gasteiger partial charge in [-0.05, 0) is 31.5 Å². The topological polar surface area (TPSA) is 56.8 Å². The van der Waals surface area contributed by atoms with Crippen LogP contribution >= 0.6 is 0 Å². The molecule has 3 atom stereocenters. The Labute approximate surface area is 179 Å². The first-order valence-corrected chi connectivity index (χ1v) is 13.3. The molecule has 0 bridgehead atoms. The van der Waals surface area contributed by atoms with Crippen LogP contribution in [0.15, 0.2) is 37.0 Å². The second kappa shape index (κ2) is 13.2. The van der Waals surface area contributed by atoms with Crippen LogP contribution in [0.1, 0.15) is 41.0 Å². The molecule has 1 amide bonds. The zero-order valence-corrected chi connectivity index (χ0v) is 20.8. The predicted octanol–water partition coefficient (Wildman–Crippen LogP) is 4.87. The molecule has 0 aromatic carbocycles. The SMILES string of the molecule is C=CCCNC(=O)COC/C(C)=C\[C@@H](C)[C@H](O[Si](C)(C)C(C)(C)C)[C@H](C=C)OC. The van der Waals surface area contributed by atoms with Crippen LogP contribution in [0.4, 0.5) is 0 Å². The molecule has 0 aliphatic carbocycles. The van der Waals surface area contributed by atoms with Crippen molar-refractivity contribution < 1.29 is 18.7 Å². The van der Waals surface area contributed by atoms with Crippen molar-refractivity contribution in [3.05, 3.63) is 37.0 Å². The smallest absolute Gasteiger partial charge is 0.246 e. The van der Waals surface area contributed by atoms with Crippen molar-refractivity contribution in [2.45, 2.75) is 71.4 Å². The first-order chi connectivity index (χ1) is 13.4. The summed E-state index contributed by atoms with van der Waals surface area (Å²) in [6.07, 6.45) is 6.15. The van der Waals surface area contributed by atoms with Crippen LogP contribution in [-0.2, 0) is 18.7 Å². The minimum absolute atomic E-state index is 0.0496. The Hall–Kier alpha value is -1.21. The number of methoxy groups -OCH3 is 1. The molecule has 6 heteroatoms. The van der Waals surface area contributed by atoms with Crippen LogP contribution in [0, 0.1) is 5.92 Å². The van der Waals surface area contributed by atoms with Gasteiger partial charge in [0.25, 0.3) is 0 Å². The normalized spacial score (nSPS) is 16.1. The summed E-state index contributed by atoms with van der Waals surface area (Å²) in [5, 5.41) is 2.89. The summed E-state index contributed by atoms with van der Waals surface area (Å²) in [6, 6.07) is 0. The van der Waals surface area contributed by atoms with E-state index in [0.717, 1.165) is 12.0 Å². The molecular weight excluding hydrogens is 382 g/mol. The lowest BCUT2D eigenvalue weighted by atomic mass is 9.97. The minimum atomic E-state index is -1.98. The summed E-state index contributed by atoms with van der Waals surface area (Å²) >= 11 is 0. The standard InChI is InChI=1S/C23H43NO4Si/c1-11-13-14-24-21(25)17-27-16-18(3)15-19(4)22(20(12-2)26-8)28-29(9,10)23(5,6)7/h11-12,15,19-20,22H,1-2,13-14,16-17H2,3-10H3,(H,24,25)/b18-15-/t19-,20+,22+/m1/s1. The number of nitrogens with one attached hydrogen (secondary N) is 1. The molecule has 1 N–H and O–H groups in total. The van der Waals surface area contributed by atoms with E-state index in [1.54, 1.807) is 13.2 Å². The summed E-state index contributed by atoms with van der Waals surface area (Å²) in [4.78, 5) is 11.7. The second-order valence-corrected chi connectivity index (χ2v) is 13.8. The van der Waals surface area contributed by atoms with E-state index < -0.39 is 8.32 Å². The Kier molecular flexibility index (Phi) is 12.6. The highest BCUT2D eigenvalue weighted by molar-refractivity contribution is 6.74. The number of hydrogen-bond donors (Lipinski definition) is 1. The molecule has 0 aromatic rings. The van der Waals surface area contributed by atoms with Crippen molar-refractivity contribution in [1.29, 1.82) is 0 Å². The molecule has 0 fully saturated rings. The van der Waals surface area contributed by atoms with Gasteiger partial charge in [-0.1, -0.05) is 51.5 Å². The molecule has 0 spiro atoms. The van der Waals surface area contributed by atoms with Crippen molar-refractivity contribution >= 4 is 14.2 Å². The molecule has 5 nitrogen and oxygen atoms in total. The highest BCUT2D eigenvalue weighted by atomic mass is 28.4.